The molecule has 0 aliphatic carbocycles. The lowest BCUT2D eigenvalue weighted by Crippen LogP contribution is -2.50. The molecule has 0 aliphatic heterocycles. The Balaban J connectivity index is 2.25. The summed E-state index contributed by atoms with van der Waals surface area (Å²) in [5.74, 6) is -0.155. The summed E-state index contributed by atoms with van der Waals surface area (Å²) in [6, 6.07) is 17.6. The summed E-state index contributed by atoms with van der Waals surface area (Å²) in [4.78, 5) is 14.9. The van der Waals surface area contributed by atoms with Gasteiger partial charge in [0.05, 0.1) is 5.54 Å². The highest BCUT2D eigenvalue weighted by Crippen LogP contribution is 2.21. The summed E-state index contributed by atoms with van der Waals surface area (Å²) in [5, 5.41) is 1.41. The Kier molecular flexibility index (Phi) is 4.66. The maximum Gasteiger partial charge on any atom is 0.269 e. The van der Waals surface area contributed by atoms with Gasteiger partial charge in [0.15, 0.2) is 0 Å². The maximum atomic E-state index is 12.4. The van der Waals surface area contributed by atoms with Gasteiger partial charge in [0.1, 0.15) is 0 Å². The molecule has 0 saturated heterocycles. The smallest absolute Gasteiger partial charge is 0.268 e. The van der Waals surface area contributed by atoms with Gasteiger partial charge in [0.2, 0.25) is 0 Å². The summed E-state index contributed by atoms with van der Waals surface area (Å²) in [7, 11) is 0. The van der Waals surface area contributed by atoms with Crippen molar-refractivity contribution in [3.8, 4) is 11.1 Å². The van der Waals surface area contributed by atoms with Gasteiger partial charge in [0.25, 0.3) is 5.91 Å². The van der Waals surface area contributed by atoms with Crippen LogP contribution in [0.25, 0.3) is 11.1 Å². The fraction of sp³-hybridized carbons (Fsp3) is 0.235. The van der Waals surface area contributed by atoms with Gasteiger partial charge in [-0.25, -0.2) is 0 Å². The Morgan fingerprint density at radius 1 is 0.952 bits per heavy atom. The molecule has 1 N–H and O–H groups in total. The number of amides is 1. The molecule has 2 rings (SSSR count). The highest BCUT2D eigenvalue weighted by atomic mass is 35.5. The Labute approximate surface area is 130 Å². The van der Waals surface area contributed by atoms with Gasteiger partial charge < -0.3 is 0 Å². The average molecular weight is 303 g/mol. The monoisotopic (exact) mass is 302 g/mol. The third-order valence-corrected chi connectivity index (χ3v) is 3.37. The molecule has 0 unspecified atom stereocenters. The van der Waals surface area contributed by atoms with Gasteiger partial charge in [-0.3, -0.25) is 9.80 Å². The van der Waals surface area contributed by atoms with Crippen LogP contribution in [-0.4, -0.2) is 16.5 Å². The number of carbonyl (C=O) groups excluding carboxylic acids is 1. The standard InChI is InChI=1S/C17H19ClN2O/c1-17(2,3)20(19-18)16(21)15-11-9-14(10-12-15)13-7-5-4-6-8-13/h4-12,19H,1-3H3. The van der Waals surface area contributed by atoms with E-state index in [2.05, 4.69) is 4.94 Å². The van der Waals surface area contributed by atoms with Crippen molar-refractivity contribution in [1.82, 2.24) is 9.95 Å². The first-order valence-corrected chi connectivity index (χ1v) is 7.17. The first-order valence-electron chi connectivity index (χ1n) is 6.80. The van der Waals surface area contributed by atoms with Crippen LogP contribution in [0.4, 0.5) is 0 Å². The van der Waals surface area contributed by atoms with Gasteiger partial charge >= 0.3 is 0 Å². The molecule has 0 aliphatic rings. The Morgan fingerprint density at radius 2 is 1.48 bits per heavy atom. The van der Waals surface area contributed by atoms with Crippen molar-refractivity contribution >= 4 is 17.7 Å². The zero-order valence-electron chi connectivity index (χ0n) is 12.4. The van der Waals surface area contributed by atoms with E-state index in [1.165, 1.54) is 5.01 Å². The lowest BCUT2D eigenvalue weighted by atomic mass is 10.0. The Bertz CT molecular complexity index is 603. The van der Waals surface area contributed by atoms with Crippen LogP contribution in [0.3, 0.4) is 0 Å². The first-order chi connectivity index (χ1) is 9.93. The van der Waals surface area contributed by atoms with Crippen LogP contribution < -0.4 is 4.94 Å². The molecular formula is C17H19ClN2O. The molecule has 21 heavy (non-hydrogen) atoms. The largest absolute Gasteiger partial charge is 0.269 e. The van der Waals surface area contributed by atoms with E-state index < -0.39 is 5.54 Å². The lowest BCUT2D eigenvalue weighted by Gasteiger charge is -2.33. The minimum absolute atomic E-state index is 0.155. The molecule has 2 aromatic carbocycles. The molecule has 110 valence electrons. The average Bonchev–Trinajstić information content (AvgIpc) is 2.47. The van der Waals surface area contributed by atoms with Gasteiger partial charge in [-0.05, 0) is 55.8 Å². The summed E-state index contributed by atoms with van der Waals surface area (Å²) in [5.41, 5.74) is 2.39. The van der Waals surface area contributed by atoms with Gasteiger partial charge in [0, 0.05) is 5.56 Å². The molecule has 0 radical (unpaired) electrons. The van der Waals surface area contributed by atoms with E-state index in [1.54, 1.807) is 0 Å². The molecule has 2 aromatic rings. The number of carbonyl (C=O) groups is 1. The molecule has 0 aromatic heterocycles. The third kappa shape index (κ3) is 3.63. The van der Waals surface area contributed by atoms with Crippen molar-refractivity contribution < 1.29 is 4.79 Å². The quantitative estimate of drug-likeness (QED) is 0.679. The normalized spacial score (nSPS) is 11.2. The van der Waals surface area contributed by atoms with Crippen molar-refractivity contribution in [3.63, 3.8) is 0 Å². The summed E-state index contributed by atoms with van der Waals surface area (Å²) >= 11 is 5.68. The minimum Gasteiger partial charge on any atom is -0.268 e. The second-order valence-corrected chi connectivity index (χ2v) is 6.01. The first kappa shape index (κ1) is 15.5. The predicted octanol–water partition coefficient (Wildman–Crippen LogP) is 4.25. The molecule has 0 bridgehead atoms. The van der Waals surface area contributed by atoms with E-state index in [-0.39, 0.29) is 5.91 Å². The number of nitrogens with zero attached hydrogens (tertiary/aromatic N) is 1. The van der Waals surface area contributed by atoms with Gasteiger partial charge in [-0.1, -0.05) is 42.5 Å². The highest BCUT2D eigenvalue weighted by molar-refractivity contribution is 6.14. The Hall–Kier alpha value is -1.84. The molecule has 0 saturated carbocycles. The molecule has 0 spiro atoms. The number of hydrogen-bond acceptors (Lipinski definition) is 2. The van der Waals surface area contributed by atoms with Crippen molar-refractivity contribution in [2.24, 2.45) is 0 Å². The van der Waals surface area contributed by atoms with Crippen LogP contribution in [0, 0.1) is 0 Å². The highest BCUT2D eigenvalue weighted by Gasteiger charge is 2.27. The molecule has 4 heteroatoms. The number of rotatable bonds is 3. The number of benzene rings is 2. The molecular weight excluding hydrogens is 284 g/mol. The van der Waals surface area contributed by atoms with Gasteiger partial charge in [-0.15, -0.1) is 4.94 Å². The molecule has 0 atom stereocenters. The number of hydrazine groups is 1. The summed E-state index contributed by atoms with van der Waals surface area (Å²) in [6.45, 7) is 5.75. The van der Waals surface area contributed by atoms with E-state index >= 15 is 0 Å². The molecule has 0 fully saturated rings. The SMILES string of the molecule is CC(C)(C)N(NCl)C(=O)c1ccc(-c2ccccc2)cc1. The van der Waals surface area contributed by atoms with E-state index in [0.717, 1.165) is 11.1 Å². The Morgan fingerprint density at radius 3 is 1.95 bits per heavy atom. The zero-order valence-corrected chi connectivity index (χ0v) is 13.2. The van der Waals surface area contributed by atoms with Gasteiger partial charge in [-0.2, -0.15) is 0 Å². The van der Waals surface area contributed by atoms with Crippen LogP contribution in [0.2, 0.25) is 0 Å². The van der Waals surface area contributed by atoms with Crippen LogP contribution in [0.5, 0.6) is 0 Å². The maximum absolute atomic E-state index is 12.4. The topological polar surface area (TPSA) is 32.3 Å². The summed E-state index contributed by atoms with van der Waals surface area (Å²) in [6.07, 6.45) is 0. The van der Waals surface area contributed by atoms with Crippen LogP contribution in [0.15, 0.2) is 54.6 Å². The van der Waals surface area contributed by atoms with Crippen molar-refractivity contribution in [3.05, 3.63) is 60.2 Å². The predicted molar refractivity (Wildman–Crippen MR) is 86.8 cm³/mol. The lowest BCUT2D eigenvalue weighted by molar-refractivity contribution is 0.0516. The fourth-order valence-electron chi connectivity index (χ4n) is 2.03. The van der Waals surface area contributed by atoms with E-state index in [4.69, 9.17) is 11.8 Å². The number of nitrogens with one attached hydrogen (secondary N) is 1. The molecule has 3 nitrogen and oxygen atoms in total. The second kappa shape index (κ2) is 6.29. The summed E-state index contributed by atoms with van der Waals surface area (Å²) < 4.78 is 0. The van der Waals surface area contributed by atoms with E-state index in [9.17, 15) is 4.79 Å². The van der Waals surface area contributed by atoms with E-state index in [1.807, 2.05) is 75.4 Å². The van der Waals surface area contributed by atoms with E-state index in [0.29, 0.717) is 5.56 Å². The van der Waals surface area contributed by atoms with Crippen LogP contribution in [-0.2, 0) is 0 Å². The van der Waals surface area contributed by atoms with Crippen LogP contribution in [0.1, 0.15) is 31.1 Å². The van der Waals surface area contributed by atoms with Crippen molar-refractivity contribution in [1.29, 1.82) is 0 Å². The van der Waals surface area contributed by atoms with Crippen LogP contribution >= 0.6 is 11.8 Å². The number of halogens is 1. The third-order valence-electron chi connectivity index (χ3n) is 3.20. The number of hydrogen-bond donors (Lipinski definition) is 1. The van der Waals surface area contributed by atoms with Crippen molar-refractivity contribution in [2.75, 3.05) is 0 Å². The zero-order chi connectivity index (χ0) is 15.5. The molecule has 1 amide bonds. The second-order valence-electron chi connectivity index (χ2n) is 5.84. The molecule has 0 heterocycles. The van der Waals surface area contributed by atoms with Crippen molar-refractivity contribution in [2.45, 2.75) is 26.3 Å². The minimum atomic E-state index is -0.406. The fourth-order valence-corrected chi connectivity index (χ4v) is 2.37.